The van der Waals surface area contributed by atoms with E-state index in [1.807, 2.05) is 18.2 Å². The van der Waals surface area contributed by atoms with Crippen LogP contribution in [0, 0.1) is 5.92 Å². The lowest BCUT2D eigenvalue weighted by Crippen LogP contribution is -2.53. The van der Waals surface area contributed by atoms with E-state index in [0.29, 0.717) is 24.0 Å². The van der Waals surface area contributed by atoms with E-state index in [4.69, 9.17) is 0 Å². The highest BCUT2D eigenvalue weighted by molar-refractivity contribution is 6.02. The third-order valence-corrected chi connectivity index (χ3v) is 5.26. The average Bonchev–Trinajstić information content (AvgIpc) is 3.25. The molecule has 2 saturated heterocycles. The Morgan fingerprint density at radius 2 is 1.95 bits per heavy atom. The van der Waals surface area contributed by atoms with Crippen LogP contribution in [0.2, 0.25) is 0 Å². The second-order valence-corrected chi connectivity index (χ2v) is 6.76. The van der Waals surface area contributed by atoms with E-state index < -0.39 is 0 Å². The van der Waals surface area contributed by atoms with Crippen molar-refractivity contribution in [1.82, 2.24) is 4.90 Å². The maximum Gasteiger partial charge on any atom is 0.256 e. The molecule has 3 aliphatic heterocycles. The number of anilines is 1. The Morgan fingerprint density at radius 1 is 1.15 bits per heavy atom. The van der Waals surface area contributed by atoms with Gasteiger partial charge in [-0.25, -0.2) is 0 Å². The van der Waals surface area contributed by atoms with Crippen LogP contribution in [0.25, 0.3) is 0 Å². The van der Waals surface area contributed by atoms with Crippen LogP contribution in [0.3, 0.4) is 0 Å². The van der Waals surface area contributed by atoms with Crippen LogP contribution in [0.1, 0.15) is 43.5 Å². The van der Waals surface area contributed by atoms with Gasteiger partial charge in [-0.15, -0.1) is 0 Å². The van der Waals surface area contributed by atoms with Crippen LogP contribution in [-0.2, 0) is 0 Å². The van der Waals surface area contributed by atoms with Crippen molar-refractivity contribution in [3.05, 3.63) is 29.8 Å². The number of carbonyl (C=O) groups is 1. The number of piperidine rings is 1. The summed E-state index contributed by atoms with van der Waals surface area (Å²) in [4.78, 5) is 17.7. The van der Waals surface area contributed by atoms with Crippen molar-refractivity contribution in [2.24, 2.45) is 5.92 Å². The molecular weight excluding hydrogens is 248 g/mol. The molecule has 0 bridgehead atoms. The summed E-state index contributed by atoms with van der Waals surface area (Å²) in [6, 6.07) is 9.54. The summed E-state index contributed by atoms with van der Waals surface area (Å²) in [6.07, 6.45) is 3.59. The standard InChI is InChI=1S/C17H22N2O/c1-11(2)13-8-5-9-15-16-10-18(16)14-7-4-3-6-12(14)17(20)19(13)15/h3-4,6-7,11,13,15-16H,5,8-10H2,1-2H3/t13?,15-,16-,18?/m0/s1. The average molecular weight is 270 g/mol. The molecule has 2 fully saturated rings. The zero-order valence-corrected chi connectivity index (χ0v) is 12.2. The fraction of sp³-hybridized carbons (Fsp3) is 0.588. The summed E-state index contributed by atoms with van der Waals surface area (Å²) in [7, 11) is 0. The van der Waals surface area contributed by atoms with Crippen molar-refractivity contribution in [2.45, 2.75) is 51.2 Å². The number of hydrogen-bond donors (Lipinski definition) is 0. The summed E-state index contributed by atoms with van der Waals surface area (Å²) in [5.74, 6) is 0.801. The lowest BCUT2D eigenvalue weighted by molar-refractivity contribution is 0.0363. The normalized spacial score (nSPS) is 31.6. The van der Waals surface area contributed by atoms with Gasteiger partial charge in [0.05, 0.1) is 17.6 Å². The SMILES string of the molecule is CC(C)C1CCC[C@H]2[C@@H]3CN3c3ccccc3C(=O)N12. The highest BCUT2D eigenvalue weighted by Gasteiger charge is 2.51. The summed E-state index contributed by atoms with van der Waals surface area (Å²) in [5, 5.41) is 0. The van der Waals surface area contributed by atoms with Crippen molar-refractivity contribution >= 4 is 11.6 Å². The Morgan fingerprint density at radius 3 is 2.75 bits per heavy atom. The number of nitrogens with zero attached hydrogens (tertiary/aromatic N) is 2. The first-order valence-electron chi connectivity index (χ1n) is 7.87. The lowest BCUT2D eigenvalue weighted by Gasteiger charge is -2.43. The smallest absolute Gasteiger partial charge is 0.256 e. The van der Waals surface area contributed by atoms with Crippen LogP contribution in [0.15, 0.2) is 24.3 Å². The molecule has 1 amide bonds. The van der Waals surface area contributed by atoms with Gasteiger partial charge in [0.25, 0.3) is 5.91 Å². The summed E-state index contributed by atoms with van der Waals surface area (Å²) >= 11 is 0. The molecule has 106 valence electrons. The quantitative estimate of drug-likeness (QED) is 0.732. The van der Waals surface area contributed by atoms with Gasteiger partial charge in [-0.3, -0.25) is 4.79 Å². The number of fused-ring (bicyclic) bond motifs is 5. The fourth-order valence-corrected chi connectivity index (χ4v) is 4.20. The zero-order valence-electron chi connectivity index (χ0n) is 12.2. The van der Waals surface area contributed by atoms with Gasteiger partial charge in [-0.05, 0) is 37.3 Å². The van der Waals surface area contributed by atoms with Gasteiger partial charge in [0, 0.05) is 18.3 Å². The van der Waals surface area contributed by atoms with Gasteiger partial charge in [0.15, 0.2) is 0 Å². The Labute approximate surface area is 120 Å². The monoisotopic (exact) mass is 270 g/mol. The van der Waals surface area contributed by atoms with Gasteiger partial charge in [0.2, 0.25) is 0 Å². The highest BCUT2D eigenvalue weighted by atomic mass is 16.2. The van der Waals surface area contributed by atoms with Gasteiger partial charge in [-0.2, -0.15) is 0 Å². The highest BCUT2D eigenvalue weighted by Crippen LogP contribution is 2.43. The maximum absolute atomic E-state index is 13.1. The molecule has 4 rings (SSSR count). The predicted molar refractivity (Wildman–Crippen MR) is 80.0 cm³/mol. The minimum absolute atomic E-state index is 0.260. The first-order chi connectivity index (χ1) is 9.68. The number of hydrogen-bond acceptors (Lipinski definition) is 2. The van der Waals surface area contributed by atoms with E-state index in [2.05, 4.69) is 29.7 Å². The summed E-state index contributed by atoms with van der Waals surface area (Å²) < 4.78 is 0. The molecule has 0 N–H and O–H groups in total. The van der Waals surface area contributed by atoms with Crippen LogP contribution < -0.4 is 4.90 Å². The van der Waals surface area contributed by atoms with Crippen molar-refractivity contribution in [3.63, 3.8) is 0 Å². The number of para-hydroxylation sites is 1. The maximum atomic E-state index is 13.1. The molecule has 3 atom stereocenters. The second-order valence-electron chi connectivity index (χ2n) is 6.76. The van der Waals surface area contributed by atoms with E-state index >= 15 is 0 Å². The van der Waals surface area contributed by atoms with Crippen LogP contribution in [-0.4, -0.2) is 35.5 Å². The van der Waals surface area contributed by atoms with Crippen molar-refractivity contribution < 1.29 is 4.79 Å². The molecule has 3 nitrogen and oxygen atoms in total. The Bertz CT molecular complexity index is 554. The second kappa shape index (κ2) is 4.24. The first kappa shape index (κ1) is 12.2. The van der Waals surface area contributed by atoms with Crippen molar-refractivity contribution in [3.8, 4) is 0 Å². The van der Waals surface area contributed by atoms with E-state index in [0.717, 1.165) is 24.2 Å². The van der Waals surface area contributed by atoms with E-state index in [9.17, 15) is 4.79 Å². The molecule has 3 aliphatic rings. The molecule has 1 aromatic carbocycles. The molecule has 3 heterocycles. The lowest BCUT2D eigenvalue weighted by atomic mass is 9.87. The largest absolute Gasteiger partial charge is 0.362 e. The van der Waals surface area contributed by atoms with Gasteiger partial charge < -0.3 is 9.80 Å². The molecule has 0 aromatic heterocycles. The molecule has 0 aliphatic carbocycles. The summed E-state index contributed by atoms with van der Waals surface area (Å²) in [6.45, 7) is 5.62. The van der Waals surface area contributed by atoms with Crippen LogP contribution in [0.4, 0.5) is 5.69 Å². The Kier molecular flexibility index (Phi) is 2.60. The molecule has 20 heavy (non-hydrogen) atoms. The Balaban J connectivity index is 1.81. The van der Waals surface area contributed by atoms with Crippen molar-refractivity contribution in [1.29, 1.82) is 0 Å². The molecule has 1 aromatic rings. The molecule has 0 spiro atoms. The first-order valence-corrected chi connectivity index (χ1v) is 7.87. The van der Waals surface area contributed by atoms with E-state index in [-0.39, 0.29) is 5.91 Å². The van der Waals surface area contributed by atoms with Gasteiger partial charge in [0.1, 0.15) is 0 Å². The topological polar surface area (TPSA) is 23.3 Å². The van der Waals surface area contributed by atoms with Crippen LogP contribution >= 0.6 is 0 Å². The molecule has 1 unspecified atom stereocenters. The molecule has 3 heteroatoms. The predicted octanol–water partition coefficient (Wildman–Crippen LogP) is 2.91. The number of carbonyl (C=O) groups excluding carboxylic acids is 1. The number of benzene rings is 1. The fourth-order valence-electron chi connectivity index (χ4n) is 4.20. The molecule has 0 radical (unpaired) electrons. The van der Waals surface area contributed by atoms with Crippen molar-refractivity contribution in [2.75, 3.05) is 11.4 Å². The Hall–Kier alpha value is -1.51. The van der Waals surface area contributed by atoms with E-state index in [1.54, 1.807) is 0 Å². The minimum Gasteiger partial charge on any atom is -0.362 e. The molecule has 0 saturated carbocycles. The minimum atomic E-state index is 0.260. The van der Waals surface area contributed by atoms with E-state index in [1.165, 1.54) is 12.8 Å². The van der Waals surface area contributed by atoms with Gasteiger partial charge in [-0.1, -0.05) is 26.0 Å². The number of rotatable bonds is 1. The van der Waals surface area contributed by atoms with Gasteiger partial charge >= 0.3 is 0 Å². The number of amides is 1. The summed E-state index contributed by atoms with van der Waals surface area (Å²) in [5.41, 5.74) is 2.06. The third-order valence-electron chi connectivity index (χ3n) is 5.26. The molecular formula is C17H22N2O. The zero-order chi connectivity index (χ0) is 13.9. The van der Waals surface area contributed by atoms with Crippen LogP contribution in [0.5, 0.6) is 0 Å². The third kappa shape index (κ3) is 1.62.